The summed E-state index contributed by atoms with van der Waals surface area (Å²) in [5.74, 6) is 0.407. The minimum Gasteiger partial charge on any atom is -0.300 e. The molecular weight excluding hydrogens is 220 g/mol. The van der Waals surface area contributed by atoms with Crippen molar-refractivity contribution in [1.29, 1.82) is 0 Å². The maximum atomic E-state index is 11.0. The van der Waals surface area contributed by atoms with E-state index in [0.717, 1.165) is 12.8 Å². The predicted octanol–water partition coefficient (Wildman–Crippen LogP) is 5.45. The first kappa shape index (κ1) is 17.2. The molecule has 1 nitrogen and oxygen atoms in total. The zero-order valence-electron chi connectivity index (χ0n) is 12.5. The summed E-state index contributed by atoms with van der Waals surface area (Å²) >= 11 is 0. The first-order valence-electron chi connectivity index (χ1n) is 7.58. The summed E-state index contributed by atoms with van der Waals surface area (Å²) in [4.78, 5) is 11.0. The fourth-order valence-electron chi connectivity index (χ4n) is 1.78. The van der Waals surface area contributed by atoms with Gasteiger partial charge in [0.1, 0.15) is 5.78 Å². The van der Waals surface area contributed by atoms with Crippen molar-refractivity contribution in [3.05, 3.63) is 17.9 Å². The van der Waals surface area contributed by atoms with Gasteiger partial charge in [-0.15, -0.1) is 5.73 Å². The Balaban J connectivity index is 3.37. The number of carbonyl (C=O) groups is 1. The van der Waals surface area contributed by atoms with E-state index >= 15 is 0 Å². The molecule has 0 saturated heterocycles. The van der Waals surface area contributed by atoms with Crippen LogP contribution in [0.3, 0.4) is 0 Å². The fraction of sp³-hybridized carbons (Fsp3) is 0.765. The van der Waals surface area contributed by atoms with Gasteiger partial charge in [-0.2, -0.15) is 0 Å². The molecule has 0 aromatic rings. The monoisotopic (exact) mass is 250 g/mol. The molecule has 0 rings (SSSR count). The van der Waals surface area contributed by atoms with Gasteiger partial charge in [0.2, 0.25) is 0 Å². The molecule has 0 fully saturated rings. The van der Waals surface area contributed by atoms with Crippen LogP contribution in [0.5, 0.6) is 0 Å². The summed E-state index contributed by atoms with van der Waals surface area (Å²) in [5, 5.41) is 0. The number of allylic oxidation sites excluding steroid dienone is 1. The molecule has 1 atom stereocenters. The van der Waals surface area contributed by atoms with Crippen LogP contribution >= 0.6 is 0 Å². The molecule has 1 heteroatoms. The van der Waals surface area contributed by atoms with E-state index in [4.69, 9.17) is 0 Å². The van der Waals surface area contributed by atoms with Gasteiger partial charge in [-0.3, -0.25) is 4.79 Å². The van der Waals surface area contributed by atoms with Crippen molar-refractivity contribution in [1.82, 2.24) is 0 Å². The summed E-state index contributed by atoms with van der Waals surface area (Å²) in [6.07, 6.45) is 15.5. The van der Waals surface area contributed by atoms with Crippen LogP contribution in [0.25, 0.3) is 0 Å². The van der Waals surface area contributed by atoms with Crippen LogP contribution in [0, 0.1) is 5.92 Å². The minimum atomic E-state index is 0.143. The van der Waals surface area contributed by atoms with E-state index in [1.807, 2.05) is 13.0 Å². The van der Waals surface area contributed by atoms with Gasteiger partial charge in [0.25, 0.3) is 0 Å². The smallest absolute Gasteiger partial charge is 0.132 e. The molecule has 0 spiro atoms. The highest BCUT2D eigenvalue weighted by Gasteiger charge is 2.03. The van der Waals surface area contributed by atoms with E-state index in [0.29, 0.717) is 0 Å². The average Bonchev–Trinajstić information content (AvgIpc) is 2.35. The van der Waals surface area contributed by atoms with E-state index < -0.39 is 0 Å². The first-order chi connectivity index (χ1) is 8.68. The number of rotatable bonds is 11. The lowest BCUT2D eigenvalue weighted by atomic mass is 10.0. The number of unbranched alkanes of at least 4 members (excludes halogenated alkanes) is 7. The largest absolute Gasteiger partial charge is 0.300 e. The number of hydrogen-bond acceptors (Lipinski definition) is 1. The second-order valence-corrected chi connectivity index (χ2v) is 5.23. The van der Waals surface area contributed by atoms with Crippen molar-refractivity contribution in [2.45, 2.75) is 78.6 Å². The van der Waals surface area contributed by atoms with E-state index in [1.165, 1.54) is 44.9 Å². The van der Waals surface area contributed by atoms with Crippen LogP contribution in [-0.4, -0.2) is 5.78 Å². The van der Waals surface area contributed by atoms with Crippen molar-refractivity contribution in [2.24, 2.45) is 5.92 Å². The molecule has 0 aliphatic rings. The van der Waals surface area contributed by atoms with Crippen molar-refractivity contribution < 1.29 is 4.79 Å². The number of Topliss-reactive ketones (excluding diaryl/α,β-unsaturated/α-hetero) is 1. The summed E-state index contributed by atoms with van der Waals surface area (Å²) in [6, 6.07) is 0. The van der Waals surface area contributed by atoms with E-state index in [1.54, 1.807) is 6.92 Å². The quantitative estimate of drug-likeness (QED) is 0.352. The molecule has 0 bridgehead atoms. The fourth-order valence-corrected chi connectivity index (χ4v) is 1.78. The Morgan fingerprint density at radius 2 is 1.67 bits per heavy atom. The van der Waals surface area contributed by atoms with Gasteiger partial charge in [-0.05, 0) is 38.3 Å². The SMILES string of the molecule is CCCCCCCCCC=C=CCC(C)C(C)=O. The van der Waals surface area contributed by atoms with Gasteiger partial charge in [-0.1, -0.05) is 52.4 Å². The number of carbonyl (C=O) groups excluding carboxylic acids is 1. The van der Waals surface area contributed by atoms with Crippen LogP contribution in [0.2, 0.25) is 0 Å². The molecule has 0 radical (unpaired) electrons. The molecular formula is C17H30O. The highest BCUT2D eigenvalue weighted by Crippen LogP contribution is 2.08. The van der Waals surface area contributed by atoms with Crippen LogP contribution < -0.4 is 0 Å². The molecule has 0 saturated carbocycles. The third-order valence-corrected chi connectivity index (χ3v) is 3.35. The topological polar surface area (TPSA) is 17.1 Å². The maximum absolute atomic E-state index is 11.0. The molecule has 0 N–H and O–H groups in total. The van der Waals surface area contributed by atoms with Crippen molar-refractivity contribution in [3.8, 4) is 0 Å². The van der Waals surface area contributed by atoms with Gasteiger partial charge >= 0.3 is 0 Å². The molecule has 0 aromatic carbocycles. The Morgan fingerprint density at radius 3 is 2.28 bits per heavy atom. The molecule has 0 heterocycles. The minimum absolute atomic E-state index is 0.143. The van der Waals surface area contributed by atoms with E-state index in [9.17, 15) is 4.79 Å². The van der Waals surface area contributed by atoms with Crippen molar-refractivity contribution >= 4 is 5.78 Å². The summed E-state index contributed by atoms with van der Waals surface area (Å²) < 4.78 is 0. The number of ketones is 1. The second-order valence-electron chi connectivity index (χ2n) is 5.23. The summed E-state index contributed by atoms with van der Waals surface area (Å²) in [6.45, 7) is 5.88. The van der Waals surface area contributed by atoms with Gasteiger partial charge < -0.3 is 0 Å². The highest BCUT2D eigenvalue weighted by molar-refractivity contribution is 5.77. The van der Waals surface area contributed by atoms with Crippen LogP contribution in [0.1, 0.15) is 78.6 Å². The Labute approximate surface area is 113 Å². The zero-order chi connectivity index (χ0) is 13.6. The summed E-state index contributed by atoms with van der Waals surface area (Å²) in [7, 11) is 0. The third kappa shape index (κ3) is 11.7. The highest BCUT2D eigenvalue weighted by atomic mass is 16.1. The summed E-state index contributed by atoms with van der Waals surface area (Å²) in [5.41, 5.74) is 3.18. The Morgan fingerprint density at radius 1 is 1.06 bits per heavy atom. The van der Waals surface area contributed by atoms with Crippen molar-refractivity contribution in [2.75, 3.05) is 0 Å². The Kier molecular flexibility index (Phi) is 12.1. The van der Waals surface area contributed by atoms with Gasteiger partial charge in [0, 0.05) is 5.92 Å². The van der Waals surface area contributed by atoms with Gasteiger partial charge in [0.15, 0.2) is 0 Å². The maximum Gasteiger partial charge on any atom is 0.132 e. The van der Waals surface area contributed by atoms with Crippen LogP contribution in [0.4, 0.5) is 0 Å². The standard InChI is InChI=1S/C17H30O/c1-4-5-6-7-8-9-10-11-12-13-14-15-16(2)17(3)18/h12,14,16H,4-11,15H2,1-3H3. The van der Waals surface area contributed by atoms with E-state index in [-0.39, 0.29) is 11.7 Å². The lowest BCUT2D eigenvalue weighted by molar-refractivity contribution is -0.120. The van der Waals surface area contributed by atoms with Gasteiger partial charge in [0.05, 0.1) is 0 Å². The van der Waals surface area contributed by atoms with Gasteiger partial charge in [-0.25, -0.2) is 0 Å². The zero-order valence-corrected chi connectivity index (χ0v) is 12.5. The Hall–Kier alpha value is -0.810. The molecule has 1 unspecified atom stereocenters. The molecule has 18 heavy (non-hydrogen) atoms. The van der Waals surface area contributed by atoms with Crippen molar-refractivity contribution in [3.63, 3.8) is 0 Å². The number of hydrogen-bond donors (Lipinski definition) is 0. The average molecular weight is 250 g/mol. The predicted molar refractivity (Wildman–Crippen MR) is 79.7 cm³/mol. The van der Waals surface area contributed by atoms with Crippen LogP contribution in [-0.2, 0) is 4.79 Å². The molecule has 0 aliphatic heterocycles. The third-order valence-electron chi connectivity index (χ3n) is 3.35. The Bertz CT molecular complexity index is 259. The second kappa shape index (κ2) is 12.6. The normalized spacial score (nSPS) is 11.7. The molecule has 104 valence electrons. The molecule has 0 amide bonds. The van der Waals surface area contributed by atoms with Crippen LogP contribution in [0.15, 0.2) is 17.9 Å². The first-order valence-corrected chi connectivity index (χ1v) is 7.58. The lowest BCUT2D eigenvalue weighted by Gasteiger charge is -2.00. The van der Waals surface area contributed by atoms with E-state index in [2.05, 4.69) is 18.7 Å². The molecule has 0 aromatic heterocycles. The molecule has 0 aliphatic carbocycles. The lowest BCUT2D eigenvalue weighted by Crippen LogP contribution is -2.03.